The van der Waals surface area contributed by atoms with Crippen LogP contribution >= 0.6 is 11.3 Å². The van der Waals surface area contributed by atoms with Gasteiger partial charge in [0.1, 0.15) is 5.75 Å². The number of nitrogens with zero attached hydrogens (tertiary/aromatic N) is 3. The third-order valence-electron chi connectivity index (χ3n) is 4.02. The maximum Gasteiger partial charge on any atom is 0.250 e. The zero-order valence-corrected chi connectivity index (χ0v) is 15.6. The molecule has 0 aliphatic heterocycles. The number of ether oxygens (including phenoxy) is 1. The summed E-state index contributed by atoms with van der Waals surface area (Å²) in [5, 5.41) is 9.17. The van der Waals surface area contributed by atoms with Gasteiger partial charge in [0.2, 0.25) is 16.8 Å². The molecule has 2 heterocycles. The maximum absolute atomic E-state index is 12.1. The summed E-state index contributed by atoms with van der Waals surface area (Å²) >= 11 is 1.49. The van der Waals surface area contributed by atoms with E-state index in [0.29, 0.717) is 12.6 Å². The largest absolute Gasteiger partial charge is 0.493 e. The Morgan fingerprint density at radius 1 is 1.15 bits per heavy atom. The third-order valence-corrected chi connectivity index (χ3v) is 4.84. The molecule has 0 radical (unpaired) electrons. The van der Waals surface area contributed by atoms with E-state index in [0.717, 1.165) is 22.0 Å². The second kappa shape index (κ2) is 7.59. The van der Waals surface area contributed by atoms with Gasteiger partial charge in [-0.25, -0.2) is 4.52 Å². The van der Waals surface area contributed by atoms with Crippen molar-refractivity contribution in [3.05, 3.63) is 65.5 Å². The fourth-order valence-corrected chi connectivity index (χ4v) is 3.45. The lowest BCUT2D eigenvalue weighted by Crippen LogP contribution is -2.16. The van der Waals surface area contributed by atoms with Gasteiger partial charge in [0.25, 0.3) is 0 Å². The van der Waals surface area contributed by atoms with Crippen molar-refractivity contribution in [2.75, 3.05) is 11.9 Å². The number of amides is 1. The molecular weight excluding hydrogens is 360 g/mol. The minimum Gasteiger partial charge on any atom is -0.493 e. The van der Waals surface area contributed by atoms with Gasteiger partial charge in [-0.2, -0.15) is 4.98 Å². The van der Waals surface area contributed by atoms with Crippen LogP contribution in [0.1, 0.15) is 12.0 Å². The number of carbonyl (C=O) groups is 1. The number of benzene rings is 2. The minimum absolute atomic E-state index is 0.180. The van der Waals surface area contributed by atoms with Crippen molar-refractivity contribution in [2.45, 2.75) is 13.3 Å². The topological polar surface area (TPSA) is 68.5 Å². The number of hydrogen-bond acceptors (Lipinski definition) is 5. The van der Waals surface area contributed by atoms with Gasteiger partial charge in [0.15, 0.2) is 0 Å². The van der Waals surface area contributed by atoms with Crippen molar-refractivity contribution in [3.8, 4) is 17.0 Å². The average molecular weight is 378 g/mol. The predicted octanol–water partition coefficient (Wildman–Crippen LogP) is 4.17. The molecule has 136 valence electrons. The van der Waals surface area contributed by atoms with Gasteiger partial charge in [0, 0.05) is 10.9 Å². The maximum atomic E-state index is 12.1. The van der Waals surface area contributed by atoms with E-state index in [-0.39, 0.29) is 12.3 Å². The molecule has 2 aromatic carbocycles. The molecule has 0 aliphatic rings. The van der Waals surface area contributed by atoms with Crippen LogP contribution in [-0.4, -0.2) is 27.1 Å². The van der Waals surface area contributed by atoms with E-state index in [4.69, 9.17) is 4.74 Å². The molecule has 0 aliphatic carbocycles. The number of rotatable bonds is 6. The van der Waals surface area contributed by atoms with Crippen LogP contribution in [0.3, 0.4) is 0 Å². The van der Waals surface area contributed by atoms with E-state index >= 15 is 0 Å². The zero-order chi connectivity index (χ0) is 18.6. The Morgan fingerprint density at radius 2 is 1.93 bits per heavy atom. The van der Waals surface area contributed by atoms with Gasteiger partial charge in [-0.15, -0.1) is 16.4 Å². The monoisotopic (exact) mass is 378 g/mol. The summed E-state index contributed by atoms with van der Waals surface area (Å²) in [7, 11) is 0. The summed E-state index contributed by atoms with van der Waals surface area (Å²) in [6.45, 7) is 2.35. The molecule has 0 unspecified atom stereocenters. The molecule has 0 saturated carbocycles. The molecule has 0 fully saturated rings. The molecule has 4 aromatic rings. The zero-order valence-electron chi connectivity index (χ0n) is 14.8. The number of thiazole rings is 1. The van der Waals surface area contributed by atoms with Crippen LogP contribution in [0.5, 0.6) is 5.75 Å². The second-order valence-corrected chi connectivity index (χ2v) is 6.91. The van der Waals surface area contributed by atoms with Crippen LogP contribution in [0.15, 0.2) is 60.0 Å². The highest BCUT2D eigenvalue weighted by Crippen LogP contribution is 2.26. The number of carbonyl (C=O) groups excluding carboxylic acids is 1. The normalized spacial score (nSPS) is 10.9. The SMILES string of the molecule is Cc1ccc(-c2csc3nc(NC(=O)CCOc4ccccc4)nn23)cc1. The lowest BCUT2D eigenvalue weighted by molar-refractivity contribution is -0.116. The van der Waals surface area contributed by atoms with Gasteiger partial charge in [0.05, 0.1) is 18.7 Å². The van der Waals surface area contributed by atoms with Crippen molar-refractivity contribution >= 4 is 28.2 Å². The van der Waals surface area contributed by atoms with Crippen LogP contribution in [0.4, 0.5) is 5.95 Å². The summed E-state index contributed by atoms with van der Waals surface area (Å²) in [6, 6.07) is 17.6. The summed E-state index contributed by atoms with van der Waals surface area (Å²) < 4.78 is 7.30. The van der Waals surface area contributed by atoms with Gasteiger partial charge >= 0.3 is 0 Å². The van der Waals surface area contributed by atoms with Gasteiger partial charge in [-0.3, -0.25) is 10.1 Å². The van der Waals surface area contributed by atoms with Gasteiger partial charge in [-0.05, 0) is 19.1 Å². The summed E-state index contributed by atoms with van der Waals surface area (Å²) in [5.41, 5.74) is 3.22. The molecule has 27 heavy (non-hydrogen) atoms. The molecule has 4 rings (SSSR count). The lowest BCUT2D eigenvalue weighted by atomic mass is 10.1. The first kappa shape index (κ1) is 17.2. The van der Waals surface area contributed by atoms with Crippen molar-refractivity contribution in [1.29, 1.82) is 0 Å². The molecule has 0 saturated heterocycles. The fourth-order valence-electron chi connectivity index (χ4n) is 2.62. The summed E-state index contributed by atoms with van der Waals surface area (Å²) in [4.78, 5) is 17.2. The van der Waals surface area contributed by atoms with Crippen LogP contribution in [-0.2, 0) is 4.79 Å². The molecule has 0 spiro atoms. The van der Waals surface area contributed by atoms with Gasteiger partial charge < -0.3 is 4.74 Å². The standard InChI is InChI=1S/C20H18N4O2S/c1-14-7-9-15(10-8-14)17-13-27-20-22-19(23-24(17)20)21-18(25)11-12-26-16-5-3-2-4-6-16/h2-10,13H,11-12H2,1H3,(H,21,23,25). The predicted molar refractivity (Wildman–Crippen MR) is 106 cm³/mol. The first-order chi connectivity index (χ1) is 13.2. The third kappa shape index (κ3) is 3.98. The van der Waals surface area contributed by atoms with E-state index < -0.39 is 0 Å². The number of aromatic nitrogens is 3. The molecule has 0 atom stereocenters. The van der Waals surface area contributed by atoms with Crippen LogP contribution in [0.2, 0.25) is 0 Å². The van der Waals surface area contributed by atoms with Crippen molar-refractivity contribution in [2.24, 2.45) is 0 Å². The highest BCUT2D eigenvalue weighted by Gasteiger charge is 2.13. The number of anilines is 1. The number of aryl methyl sites for hydroxylation is 1. The Kier molecular flexibility index (Phi) is 4.84. The summed E-state index contributed by atoms with van der Waals surface area (Å²) in [5.74, 6) is 0.870. The Hall–Kier alpha value is -3.19. The highest BCUT2D eigenvalue weighted by molar-refractivity contribution is 7.15. The van der Waals surface area contributed by atoms with E-state index in [1.165, 1.54) is 16.9 Å². The molecule has 2 aromatic heterocycles. The fraction of sp³-hybridized carbons (Fsp3) is 0.150. The molecule has 0 bridgehead atoms. The molecule has 1 amide bonds. The average Bonchev–Trinajstić information content (AvgIpc) is 3.23. The molecule has 7 heteroatoms. The number of fused-ring (bicyclic) bond motifs is 1. The Labute approximate surface area is 160 Å². The van der Waals surface area contributed by atoms with E-state index in [2.05, 4.69) is 46.6 Å². The Bertz CT molecular complexity index is 1050. The summed E-state index contributed by atoms with van der Waals surface area (Å²) in [6.07, 6.45) is 0.229. The van der Waals surface area contributed by atoms with Crippen LogP contribution in [0, 0.1) is 6.92 Å². The highest BCUT2D eigenvalue weighted by atomic mass is 32.1. The first-order valence-corrected chi connectivity index (χ1v) is 9.46. The van der Waals surface area contributed by atoms with Crippen molar-refractivity contribution in [3.63, 3.8) is 0 Å². The second-order valence-electron chi connectivity index (χ2n) is 6.08. The lowest BCUT2D eigenvalue weighted by Gasteiger charge is -2.05. The van der Waals surface area contributed by atoms with Gasteiger partial charge in [-0.1, -0.05) is 48.0 Å². The number of hydrogen-bond donors (Lipinski definition) is 1. The number of nitrogens with one attached hydrogen (secondary N) is 1. The Morgan fingerprint density at radius 3 is 2.70 bits per heavy atom. The molecule has 6 nitrogen and oxygen atoms in total. The van der Waals surface area contributed by atoms with Crippen LogP contribution < -0.4 is 10.1 Å². The molecule has 1 N–H and O–H groups in total. The van der Waals surface area contributed by atoms with Crippen molar-refractivity contribution in [1.82, 2.24) is 14.6 Å². The van der Waals surface area contributed by atoms with E-state index in [9.17, 15) is 4.79 Å². The van der Waals surface area contributed by atoms with Crippen LogP contribution in [0.25, 0.3) is 16.2 Å². The Balaban J connectivity index is 1.40. The quantitative estimate of drug-likeness (QED) is 0.547. The van der Waals surface area contributed by atoms with E-state index in [1.54, 1.807) is 4.52 Å². The minimum atomic E-state index is -0.180. The first-order valence-electron chi connectivity index (χ1n) is 8.58. The van der Waals surface area contributed by atoms with Crippen molar-refractivity contribution < 1.29 is 9.53 Å². The number of para-hydroxylation sites is 1. The molecular formula is C20H18N4O2S. The van der Waals surface area contributed by atoms with E-state index in [1.807, 2.05) is 35.7 Å². The smallest absolute Gasteiger partial charge is 0.250 e.